The summed E-state index contributed by atoms with van der Waals surface area (Å²) < 4.78 is 0. The molecule has 62 valence electrons. The second-order valence-corrected chi connectivity index (χ2v) is 3.22. The Morgan fingerprint density at radius 3 is 2.64 bits per heavy atom. The standard InChI is InChI=1S/C10H16O/c1-2-10(11)8-7-9-5-3-4-6-9/h7-9H,2-6H2,1H3/b8-7+. The Morgan fingerprint density at radius 1 is 1.45 bits per heavy atom. The van der Waals surface area contributed by atoms with Gasteiger partial charge in [-0.3, -0.25) is 4.79 Å². The summed E-state index contributed by atoms with van der Waals surface area (Å²) in [6, 6.07) is 0. The molecular formula is C10H16O. The van der Waals surface area contributed by atoms with Crippen LogP contribution in [0.15, 0.2) is 12.2 Å². The van der Waals surface area contributed by atoms with E-state index in [2.05, 4.69) is 6.08 Å². The molecule has 0 aromatic rings. The molecular weight excluding hydrogens is 136 g/mol. The van der Waals surface area contributed by atoms with Crippen molar-refractivity contribution >= 4 is 5.78 Å². The molecule has 0 unspecified atom stereocenters. The summed E-state index contributed by atoms with van der Waals surface area (Å²) in [5, 5.41) is 0. The average molecular weight is 152 g/mol. The number of hydrogen-bond donors (Lipinski definition) is 0. The van der Waals surface area contributed by atoms with Gasteiger partial charge >= 0.3 is 0 Å². The first-order valence-corrected chi connectivity index (χ1v) is 4.54. The normalized spacial score (nSPS) is 19.7. The number of rotatable bonds is 3. The Balaban J connectivity index is 2.27. The molecule has 0 saturated heterocycles. The number of carbonyl (C=O) groups excluding carboxylic acids is 1. The lowest BCUT2D eigenvalue weighted by Crippen LogP contribution is -1.91. The minimum absolute atomic E-state index is 0.261. The fourth-order valence-corrected chi connectivity index (χ4v) is 1.51. The molecule has 0 aromatic carbocycles. The van der Waals surface area contributed by atoms with Gasteiger partial charge in [-0.15, -0.1) is 0 Å². The van der Waals surface area contributed by atoms with Crippen LogP contribution in [0, 0.1) is 5.92 Å². The van der Waals surface area contributed by atoms with Crippen molar-refractivity contribution in [3.05, 3.63) is 12.2 Å². The van der Waals surface area contributed by atoms with E-state index in [4.69, 9.17) is 0 Å². The molecule has 1 aliphatic carbocycles. The van der Waals surface area contributed by atoms with Crippen LogP contribution in [0.3, 0.4) is 0 Å². The van der Waals surface area contributed by atoms with E-state index in [1.165, 1.54) is 25.7 Å². The molecule has 0 N–H and O–H groups in total. The zero-order valence-corrected chi connectivity index (χ0v) is 7.18. The minimum Gasteiger partial charge on any atom is -0.295 e. The van der Waals surface area contributed by atoms with E-state index < -0.39 is 0 Å². The average Bonchev–Trinajstić information content (AvgIpc) is 2.52. The van der Waals surface area contributed by atoms with E-state index >= 15 is 0 Å². The fourth-order valence-electron chi connectivity index (χ4n) is 1.51. The molecule has 0 spiro atoms. The Kier molecular flexibility index (Phi) is 3.34. The van der Waals surface area contributed by atoms with Crippen LogP contribution >= 0.6 is 0 Å². The maximum atomic E-state index is 10.9. The molecule has 0 bridgehead atoms. The SMILES string of the molecule is CCC(=O)/C=C/C1CCCC1. The second kappa shape index (κ2) is 4.32. The van der Waals surface area contributed by atoms with Gasteiger partial charge in [-0.1, -0.05) is 25.8 Å². The highest BCUT2D eigenvalue weighted by Crippen LogP contribution is 2.25. The Bertz CT molecular complexity index is 152. The van der Waals surface area contributed by atoms with E-state index in [0.29, 0.717) is 12.3 Å². The van der Waals surface area contributed by atoms with E-state index in [-0.39, 0.29) is 5.78 Å². The summed E-state index contributed by atoms with van der Waals surface area (Å²) in [6.45, 7) is 1.90. The Labute approximate surface area is 68.5 Å². The van der Waals surface area contributed by atoms with E-state index in [9.17, 15) is 4.79 Å². The van der Waals surface area contributed by atoms with Crippen LogP contribution in [0.25, 0.3) is 0 Å². The van der Waals surface area contributed by atoms with Crippen LogP contribution in [0.4, 0.5) is 0 Å². The van der Waals surface area contributed by atoms with Crippen LogP contribution in [0.2, 0.25) is 0 Å². The van der Waals surface area contributed by atoms with Crippen LogP contribution in [-0.4, -0.2) is 5.78 Å². The van der Waals surface area contributed by atoms with Gasteiger partial charge in [0.15, 0.2) is 5.78 Å². The molecule has 0 atom stereocenters. The maximum Gasteiger partial charge on any atom is 0.155 e. The molecule has 0 amide bonds. The highest BCUT2D eigenvalue weighted by Gasteiger charge is 2.11. The number of allylic oxidation sites excluding steroid dienone is 2. The van der Waals surface area contributed by atoms with Crippen LogP contribution in [-0.2, 0) is 4.79 Å². The van der Waals surface area contributed by atoms with Gasteiger partial charge in [0.2, 0.25) is 0 Å². The van der Waals surface area contributed by atoms with E-state index in [1.54, 1.807) is 6.08 Å². The molecule has 0 heterocycles. The van der Waals surface area contributed by atoms with Gasteiger partial charge in [0, 0.05) is 6.42 Å². The first-order valence-electron chi connectivity index (χ1n) is 4.54. The zero-order valence-electron chi connectivity index (χ0n) is 7.18. The van der Waals surface area contributed by atoms with Crippen LogP contribution < -0.4 is 0 Å². The molecule has 1 aliphatic rings. The third kappa shape index (κ3) is 2.87. The Hall–Kier alpha value is -0.590. The second-order valence-electron chi connectivity index (χ2n) is 3.22. The summed E-state index contributed by atoms with van der Waals surface area (Å²) in [5.74, 6) is 0.961. The lowest BCUT2D eigenvalue weighted by atomic mass is 10.1. The third-order valence-corrected chi connectivity index (χ3v) is 2.30. The monoisotopic (exact) mass is 152 g/mol. The number of ketones is 1. The number of carbonyl (C=O) groups is 1. The molecule has 11 heavy (non-hydrogen) atoms. The molecule has 1 nitrogen and oxygen atoms in total. The molecule has 0 radical (unpaired) electrons. The van der Waals surface area contributed by atoms with E-state index in [1.807, 2.05) is 6.92 Å². The van der Waals surface area contributed by atoms with Crippen molar-refractivity contribution in [3.8, 4) is 0 Å². The maximum absolute atomic E-state index is 10.9. The van der Waals surface area contributed by atoms with Crippen molar-refractivity contribution in [1.29, 1.82) is 0 Å². The first-order chi connectivity index (χ1) is 5.33. The van der Waals surface area contributed by atoms with Gasteiger partial charge in [-0.25, -0.2) is 0 Å². The molecule has 1 saturated carbocycles. The van der Waals surface area contributed by atoms with Crippen molar-refractivity contribution in [1.82, 2.24) is 0 Å². The zero-order chi connectivity index (χ0) is 8.10. The molecule has 0 aliphatic heterocycles. The van der Waals surface area contributed by atoms with Gasteiger partial charge in [0.25, 0.3) is 0 Å². The third-order valence-electron chi connectivity index (χ3n) is 2.30. The number of hydrogen-bond acceptors (Lipinski definition) is 1. The van der Waals surface area contributed by atoms with Crippen LogP contribution in [0.5, 0.6) is 0 Å². The lowest BCUT2D eigenvalue weighted by Gasteiger charge is -1.98. The fraction of sp³-hybridized carbons (Fsp3) is 0.700. The predicted molar refractivity (Wildman–Crippen MR) is 46.4 cm³/mol. The largest absolute Gasteiger partial charge is 0.295 e. The highest BCUT2D eigenvalue weighted by molar-refractivity contribution is 5.89. The van der Waals surface area contributed by atoms with Gasteiger partial charge in [-0.2, -0.15) is 0 Å². The van der Waals surface area contributed by atoms with Crippen molar-refractivity contribution in [2.45, 2.75) is 39.0 Å². The summed E-state index contributed by atoms with van der Waals surface area (Å²) >= 11 is 0. The van der Waals surface area contributed by atoms with Gasteiger partial charge in [0.1, 0.15) is 0 Å². The topological polar surface area (TPSA) is 17.1 Å². The van der Waals surface area contributed by atoms with Gasteiger partial charge in [-0.05, 0) is 24.8 Å². The quantitative estimate of drug-likeness (QED) is 0.568. The summed E-state index contributed by atoms with van der Waals surface area (Å²) in [6.07, 6.45) is 9.75. The summed E-state index contributed by atoms with van der Waals surface area (Å²) in [5.41, 5.74) is 0. The summed E-state index contributed by atoms with van der Waals surface area (Å²) in [7, 11) is 0. The van der Waals surface area contributed by atoms with Gasteiger partial charge < -0.3 is 0 Å². The summed E-state index contributed by atoms with van der Waals surface area (Å²) in [4.78, 5) is 10.9. The molecule has 0 aromatic heterocycles. The minimum atomic E-state index is 0.261. The predicted octanol–water partition coefficient (Wildman–Crippen LogP) is 2.71. The van der Waals surface area contributed by atoms with Crippen LogP contribution in [0.1, 0.15) is 39.0 Å². The Morgan fingerprint density at radius 2 is 2.09 bits per heavy atom. The van der Waals surface area contributed by atoms with Gasteiger partial charge in [0.05, 0.1) is 0 Å². The van der Waals surface area contributed by atoms with Crippen molar-refractivity contribution in [2.24, 2.45) is 5.92 Å². The van der Waals surface area contributed by atoms with E-state index in [0.717, 1.165) is 0 Å². The molecule has 1 heteroatoms. The highest BCUT2D eigenvalue weighted by atomic mass is 16.1. The first kappa shape index (κ1) is 8.51. The molecule has 1 fully saturated rings. The smallest absolute Gasteiger partial charge is 0.155 e. The lowest BCUT2D eigenvalue weighted by molar-refractivity contribution is -0.114. The van der Waals surface area contributed by atoms with Crippen molar-refractivity contribution < 1.29 is 4.79 Å². The molecule has 1 rings (SSSR count). The van der Waals surface area contributed by atoms with Crippen molar-refractivity contribution in [3.63, 3.8) is 0 Å². The van der Waals surface area contributed by atoms with Crippen molar-refractivity contribution in [2.75, 3.05) is 0 Å².